The number of nitrogens with zero attached hydrogens (tertiary/aromatic N) is 2. The number of ether oxygens (including phenoxy) is 1. The summed E-state index contributed by atoms with van der Waals surface area (Å²) in [5.74, 6) is -0.791. The molecule has 2 aliphatic rings. The number of carbonyl (C=O) groups excluding carboxylic acids is 1. The molecule has 1 atom stereocenters. The maximum Gasteiger partial charge on any atom is 0.222 e. The highest BCUT2D eigenvalue weighted by Crippen LogP contribution is 2.39. The Morgan fingerprint density at radius 3 is 2.68 bits per heavy atom. The third-order valence-corrected chi connectivity index (χ3v) is 5.50. The summed E-state index contributed by atoms with van der Waals surface area (Å²) in [6.45, 7) is 3.75. The van der Waals surface area contributed by atoms with Crippen molar-refractivity contribution in [3.63, 3.8) is 0 Å². The topological polar surface area (TPSA) is 32.8 Å². The molecule has 4 nitrogen and oxygen atoms in total. The lowest BCUT2D eigenvalue weighted by Gasteiger charge is -2.48. The lowest BCUT2D eigenvalue weighted by atomic mass is 9.73. The molecule has 2 aliphatic heterocycles. The first-order valence-electron chi connectivity index (χ1n) is 8.95. The first-order chi connectivity index (χ1) is 12.0. The van der Waals surface area contributed by atoms with Crippen LogP contribution < -0.4 is 0 Å². The van der Waals surface area contributed by atoms with Gasteiger partial charge in [-0.3, -0.25) is 9.69 Å². The van der Waals surface area contributed by atoms with Crippen LogP contribution in [0.25, 0.3) is 0 Å². The molecule has 0 aliphatic carbocycles. The van der Waals surface area contributed by atoms with Gasteiger partial charge in [-0.05, 0) is 37.9 Å². The van der Waals surface area contributed by atoms with E-state index < -0.39 is 11.6 Å². The molecule has 0 N–H and O–H groups in total. The molecular formula is C19H26F2N2O2. The molecule has 0 bridgehead atoms. The van der Waals surface area contributed by atoms with Crippen LogP contribution in [0.1, 0.15) is 31.2 Å². The summed E-state index contributed by atoms with van der Waals surface area (Å²) in [7, 11) is 1.63. The fourth-order valence-electron chi connectivity index (χ4n) is 4.19. The third kappa shape index (κ3) is 4.18. The molecule has 2 heterocycles. The van der Waals surface area contributed by atoms with Crippen LogP contribution in [-0.2, 0) is 16.1 Å². The van der Waals surface area contributed by atoms with Gasteiger partial charge in [0.1, 0.15) is 11.6 Å². The number of halogens is 2. The summed E-state index contributed by atoms with van der Waals surface area (Å²) in [6.07, 6.45) is 3.44. The van der Waals surface area contributed by atoms with E-state index in [-0.39, 0.29) is 23.4 Å². The molecule has 25 heavy (non-hydrogen) atoms. The SMILES string of the molecule is COCCN1C[C@@]2(CCCN(Cc3c(F)cccc3F)C2)CCC1=O. The highest BCUT2D eigenvalue weighted by atomic mass is 19.1. The van der Waals surface area contributed by atoms with Crippen molar-refractivity contribution in [1.82, 2.24) is 9.80 Å². The monoisotopic (exact) mass is 352 g/mol. The third-order valence-electron chi connectivity index (χ3n) is 5.50. The minimum Gasteiger partial charge on any atom is -0.383 e. The van der Waals surface area contributed by atoms with E-state index in [0.717, 1.165) is 32.4 Å². The number of hydrogen-bond acceptors (Lipinski definition) is 3. The summed E-state index contributed by atoms with van der Waals surface area (Å²) in [4.78, 5) is 16.2. The van der Waals surface area contributed by atoms with E-state index in [1.165, 1.54) is 18.2 Å². The van der Waals surface area contributed by atoms with E-state index in [1.54, 1.807) is 7.11 Å². The smallest absolute Gasteiger partial charge is 0.222 e. The first kappa shape index (κ1) is 18.3. The molecular weight excluding hydrogens is 326 g/mol. The van der Waals surface area contributed by atoms with Crippen molar-refractivity contribution in [2.45, 2.75) is 32.2 Å². The van der Waals surface area contributed by atoms with Gasteiger partial charge in [0, 0.05) is 50.7 Å². The molecule has 0 unspecified atom stereocenters. The predicted octanol–water partition coefficient (Wildman–Crippen LogP) is 2.82. The number of hydrogen-bond donors (Lipinski definition) is 0. The fourth-order valence-corrected chi connectivity index (χ4v) is 4.19. The van der Waals surface area contributed by atoms with Gasteiger partial charge in [0.25, 0.3) is 0 Å². The molecule has 1 spiro atoms. The molecule has 0 aromatic heterocycles. The van der Waals surface area contributed by atoms with Crippen molar-refractivity contribution in [2.24, 2.45) is 5.41 Å². The van der Waals surface area contributed by atoms with E-state index in [9.17, 15) is 13.6 Å². The van der Waals surface area contributed by atoms with Gasteiger partial charge >= 0.3 is 0 Å². The Hall–Kier alpha value is -1.53. The minimum absolute atomic E-state index is 0.0294. The van der Waals surface area contributed by atoms with Crippen LogP contribution in [0.15, 0.2) is 18.2 Å². The van der Waals surface area contributed by atoms with E-state index in [1.807, 2.05) is 4.90 Å². The average Bonchev–Trinajstić information content (AvgIpc) is 2.60. The molecule has 2 saturated heterocycles. The quantitative estimate of drug-likeness (QED) is 0.817. The first-order valence-corrected chi connectivity index (χ1v) is 8.95. The Morgan fingerprint density at radius 1 is 1.20 bits per heavy atom. The van der Waals surface area contributed by atoms with Crippen molar-refractivity contribution >= 4 is 5.91 Å². The molecule has 138 valence electrons. The van der Waals surface area contributed by atoms with Crippen LogP contribution in [0.3, 0.4) is 0 Å². The molecule has 3 rings (SSSR count). The van der Waals surface area contributed by atoms with E-state index >= 15 is 0 Å². The number of amides is 1. The molecule has 2 fully saturated rings. The van der Waals surface area contributed by atoms with Crippen molar-refractivity contribution in [2.75, 3.05) is 39.9 Å². The zero-order valence-electron chi connectivity index (χ0n) is 14.8. The van der Waals surface area contributed by atoms with Gasteiger partial charge < -0.3 is 9.64 Å². The number of methoxy groups -OCH3 is 1. The molecule has 6 heteroatoms. The average molecular weight is 352 g/mol. The Morgan fingerprint density at radius 2 is 1.96 bits per heavy atom. The van der Waals surface area contributed by atoms with Crippen LogP contribution in [0, 0.1) is 17.0 Å². The highest BCUT2D eigenvalue weighted by Gasteiger charge is 2.41. The summed E-state index contributed by atoms with van der Waals surface area (Å²) in [5, 5.41) is 0. The summed E-state index contributed by atoms with van der Waals surface area (Å²) >= 11 is 0. The molecule has 0 radical (unpaired) electrons. The zero-order valence-corrected chi connectivity index (χ0v) is 14.8. The summed E-state index contributed by atoms with van der Waals surface area (Å²) < 4.78 is 33.0. The second-order valence-electron chi connectivity index (χ2n) is 7.32. The Bertz CT molecular complexity index is 605. The number of benzene rings is 1. The normalized spacial score (nSPS) is 24.9. The van der Waals surface area contributed by atoms with Gasteiger partial charge in [-0.25, -0.2) is 8.78 Å². The lowest BCUT2D eigenvalue weighted by Crippen LogP contribution is -2.54. The number of piperidine rings is 2. The Kier molecular flexibility index (Phi) is 5.69. The van der Waals surface area contributed by atoms with Gasteiger partial charge in [0.05, 0.1) is 6.61 Å². The molecule has 1 aromatic carbocycles. The van der Waals surface area contributed by atoms with Crippen molar-refractivity contribution < 1.29 is 18.3 Å². The second-order valence-corrected chi connectivity index (χ2v) is 7.32. The van der Waals surface area contributed by atoms with Crippen molar-refractivity contribution in [3.05, 3.63) is 35.4 Å². The maximum atomic E-state index is 14.0. The highest BCUT2D eigenvalue weighted by molar-refractivity contribution is 5.77. The van der Waals surface area contributed by atoms with Gasteiger partial charge in [0.2, 0.25) is 5.91 Å². The Labute approximate surface area is 147 Å². The largest absolute Gasteiger partial charge is 0.383 e. The van der Waals surface area contributed by atoms with Gasteiger partial charge in [-0.2, -0.15) is 0 Å². The number of carbonyl (C=O) groups is 1. The number of likely N-dealkylation sites (tertiary alicyclic amines) is 2. The maximum absolute atomic E-state index is 14.0. The zero-order chi connectivity index (χ0) is 17.9. The second kappa shape index (κ2) is 7.79. The van der Waals surface area contributed by atoms with Crippen molar-refractivity contribution in [1.29, 1.82) is 0 Å². The van der Waals surface area contributed by atoms with Gasteiger partial charge in [0.15, 0.2) is 0 Å². The van der Waals surface area contributed by atoms with Crippen LogP contribution in [0.5, 0.6) is 0 Å². The van der Waals surface area contributed by atoms with E-state index in [0.29, 0.717) is 26.1 Å². The van der Waals surface area contributed by atoms with Crippen LogP contribution in [0.2, 0.25) is 0 Å². The van der Waals surface area contributed by atoms with Crippen LogP contribution in [0.4, 0.5) is 8.78 Å². The minimum atomic E-state index is -0.486. The van der Waals surface area contributed by atoms with Gasteiger partial charge in [-0.1, -0.05) is 6.07 Å². The summed E-state index contributed by atoms with van der Waals surface area (Å²) in [5.41, 5.74) is 0.171. The van der Waals surface area contributed by atoms with E-state index in [4.69, 9.17) is 4.74 Å². The van der Waals surface area contributed by atoms with Crippen LogP contribution >= 0.6 is 0 Å². The standard InChI is InChI=1S/C19H26F2N2O2/c1-25-11-10-23-14-19(8-6-18(23)24)7-3-9-22(13-19)12-15-16(20)4-2-5-17(15)21/h2,4-5H,3,6-14H2,1H3/t19-/m0/s1. The predicted molar refractivity (Wildman–Crippen MR) is 91.0 cm³/mol. The molecule has 0 saturated carbocycles. The van der Waals surface area contributed by atoms with Gasteiger partial charge in [-0.15, -0.1) is 0 Å². The molecule has 1 aromatic rings. The fraction of sp³-hybridized carbons (Fsp3) is 0.632. The van der Waals surface area contributed by atoms with E-state index in [2.05, 4.69) is 4.90 Å². The Balaban J connectivity index is 1.69. The number of rotatable bonds is 5. The molecule has 1 amide bonds. The van der Waals surface area contributed by atoms with Crippen molar-refractivity contribution in [3.8, 4) is 0 Å². The summed E-state index contributed by atoms with van der Waals surface area (Å²) in [6, 6.07) is 4.01. The lowest BCUT2D eigenvalue weighted by molar-refractivity contribution is -0.140. The van der Waals surface area contributed by atoms with Crippen LogP contribution in [-0.4, -0.2) is 55.6 Å².